The van der Waals surface area contributed by atoms with Crippen molar-refractivity contribution in [2.24, 2.45) is 0 Å². The molecule has 0 bridgehead atoms. The quantitative estimate of drug-likeness (QED) is 0.597. The van der Waals surface area contributed by atoms with Crippen molar-refractivity contribution in [1.29, 1.82) is 0 Å². The minimum atomic E-state index is -0.290. The van der Waals surface area contributed by atoms with Crippen LogP contribution in [0.2, 0.25) is 0 Å². The van der Waals surface area contributed by atoms with E-state index in [1.54, 1.807) is 19.2 Å². The van der Waals surface area contributed by atoms with Gasteiger partial charge in [-0.1, -0.05) is 30.3 Å². The third-order valence-corrected chi connectivity index (χ3v) is 5.53. The molecule has 0 radical (unpaired) electrons. The Morgan fingerprint density at radius 1 is 1.10 bits per heavy atom. The van der Waals surface area contributed by atoms with Crippen LogP contribution < -0.4 is 4.74 Å². The smallest absolute Gasteiger partial charge is 0.227 e. The highest BCUT2D eigenvalue weighted by Crippen LogP contribution is 2.31. The predicted octanol–water partition coefficient (Wildman–Crippen LogP) is 4.73. The van der Waals surface area contributed by atoms with Crippen molar-refractivity contribution < 1.29 is 13.9 Å². The number of benzene rings is 2. The van der Waals surface area contributed by atoms with E-state index >= 15 is 0 Å². The van der Waals surface area contributed by atoms with E-state index in [2.05, 4.69) is 6.07 Å². The highest BCUT2D eigenvalue weighted by molar-refractivity contribution is 5.79. The Kier molecular flexibility index (Phi) is 6.07. The third kappa shape index (κ3) is 4.67. The molecule has 1 saturated heterocycles. The Morgan fingerprint density at radius 2 is 1.90 bits per heavy atom. The number of rotatable bonds is 6. The van der Waals surface area contributed by atoms with E-state index in [-0.39, 0.29) is 24.2 Å². The molecule has 1 amide bonds. The molecule has 0 spiro atoms. The monoisotopic (exact) mass is 404 g/mol. The molecule has 1 fully saturated rings. The number of methoxy groups -OCH3 is 1. The maximum atomic E-state index is 13.1. The lowest BCUT2D eigenvalue weighted by Crippen LogP contribution is -2.32. The number of ether oxygens (including phenoxy) is 1. The number of hydrogen-bond acceptors (Lipinski definition) is 3. The molecule has 2 heterocycles. The Bertz CT molecular complexity index is 1020. The highest BCUT2D eigenvalue weighted by Gasteiger charge is 2.30. The average molecular weight is 404 g/mol. The summed E-state index contributed by atoms with van der Waals surface area (Å²) < 4.78 is 18.4. The van der Waals surface area contributed by atoms with E-state index in [1.807, 2.05) is 41.3 Å². The minimum Gasteiger partial charge on any atom is -0.497 e. The van der Waals surface area contributed by atoms with Crippen LogP contribution in [0.4, 0.5) is 4.39 Å². The van der Waals surface area contributed by atoms with Crippen LogP contribution in [0, 0.1) is 5.82 Å². The molecule has 4 nitrogen and oxygen atoms in total. The fourth-order valence-electron chi connectivity index (χ4n) is 4.02. The van der Waals surface area contributed by atoms with E-state index in [0.29, 0.717) is 6.42 Å². The largest absolute Gasteiger partial charge is 0.497 e. The first kappa shape index (κ1) is 20.1. The second-order valence-electron chi connectivity index (χ2n) is 7.63. The average Bonchev–Trinajstić information content (AvgIpc) is 3.26. The van der Waals surface area contributed by atoms with Crippen LogP contribution in [0.15, 0.2) is 66.7 Å². The van der Waals surface area contributed by atoms with Gasteiger partial charge in [0, 0.05) is 18.7 Å². The van der Waals surface area contributed by atoms with Crippen molar-refractivity contribution >= 4 is 5.91 Å². The molecule has 0 N–H and O–H groups in total. The molecular weight excluding hydrogens is 379 g/mol. The van der Waals surface area contributed by atoms with Crippen molar-refractivity contribution in [1.82, 2.24) is 9.88 Å². The minimum absolute atomic E-state index is 0.0109. The van der Waals surface area contributed by atoms with E-state index < -0.39 is 0 Å². The Balaban J connectivity index is 1.49. The number of nitrogens with zero attached hydrogens (tertiary/aromatic N) is 2. The number of carbonyl (C=O) groups is 1. The van der Waals surface area contributed by atoms with Crippen molar-refractivity contribution in [3.63, 3.8) is 0 Å². The van der Waals surface area contributed by atoms with Crippen LogP contribution in [-0.4, -0.2) is 29.4 Å². The maximum absolute atomic E-state index is 13.1. The Hall–Kier alpha value is -3.21. The van der Waals surface area contributed by atoms with Crippen molar-refractivity contribution in [3.05, 3.63) is 95.1 Å². The molecule has 1 aromatic heterocycles. The predicted molar refractivity (Wildman–Crippen MR) is 114 cm³/mol. The molecule has 2 aromatic carbocycles. The fourth-order valence-corrected chi connectivity index (χ4v) is 4.02. The van der Waals surface area contributed by atoms with Crippen LogP contribution in [0.5, 0.6) is 5.75 Å². The number of likely N-dealkylation sites (tertiary alicyclic amines) is 1. The molecule has 154 valence electrons. The summed E-state index contributed by atoms with van der Waals surface area (Å²) in [6, 6.07) is 20.1. The van der Waals surface area contributed by atoms with Gasteiger partial charge in [-0.2, -0.15) is 0 Å². The van der Waals surface area contributed by atoms with E-state index in [0.717, 1.165) is 47.7 Å². The lowest BCUT2D eigenvalue weighted by molar-refractivity contribution is -0.131. The van der Waals surface area contributed by atoms with Crippen LogP contribution in [0.3, 0.4) is 0 Å². The zero-order valence-electron chi connectivity index (χ0n) is 17.1. The third-order valence-electron chi connectivity index (χ3n) is 5.53. The number of amides is 1. The summed E-state index contributed by atoms with van der Waals surface area (Å²) >= 11 is 0. The van der Waals surface area contributed by atoms with Gasteiger partial charge >= 0.3 is 0 Å². The summed E-state index contributed by atoms with van der Waals surface area (Å²) in [6.45, 7) is 0.729. The molecule has 3 aromatic rings. The zero-order valence-corrected chi connectivity index (χ0v) is 17.1. The number of pyridine rings is 1. The molecule has 1 aliphatic rings. The van der Waals surface area contributed by atoms with Gasteiger partial charge in [-0.15, -0.1) is 0 Å². The Morgan fingerprint density at radius 3 is 2.70 bits per heavy atom. The summed E-state index contributed by atoms with van der Waals surface area (Å²) in [5, 5.41) is 0. The van der Waals surface area contributed by atoms with Gasteiger partial charge in [-0.05, 0) is 60.4 Å². The normalized spacial score (nSPS) is 15.9. The van der Waals surface area contributed by atoms with E-state index in [1.165, 1.54) is 12.1 Å². The van der Waals surface area contributed by atoms with Gasteiger partial charge in [0.25, 0.3) is 0 Å². The second-order valence-corrected chi connectivity index (χ2v) is 7.63. The topological polar surface area (TPSA) is 42.4 Å². The molecule has 1 aliphatic heterocycles. The number of hydrogen-bond donors (Lipinski definition) is 0. The van der Waals surface area contributed by atoms with Crippen molar-refractivity contribution in [2.75, 3.05) is 13.7 Å². The second kappa shape index (κ2) is 9.08. The summed E-state index contributed by atoms with van der Waals surface area (Å²) in [7, 11) is 1.66. The van der Waals surface area contributed by atoms with Gasteiger partial charge in [0.1, 0.15) is 11.6 Å². The molecule has 5 heteroatoms. The van der Waals surface area contributed by atoms with Crippen LogP contribution in [0.25, 0.3) is 0 Å². The number of carbonyl (C=O) groups excluding carboxylic acids is 1. The summed E-state index contributed by atoms with van der Waals surface area (Å²) in [6.07, 6.45) is 2.86. The molecule has 1 atom stereocenters. The molecule has 0 saturated carbocycles. The molecular formula is C25H25FN2O2. The van der Waals surface area contributed by atoms with Crippen LogP contribution in [0.1, 0.15) is 41.4 Å². The summed E-state index contributed by atoms with van der Waals surface area (Å²) in [4.78, 5) is 19.7. The lowest BCUT2D eigenvalue weighted by atomic mass is 10.1. The summed E-state index contributed by atoms with van der Waals surface area (Å²) in [5.41, 5.74) is 3.86. The van der Waals surface area contributed by atoms with Crippen molar-refractivity contribution in [3.8, 4) is 5.75 Å². The van der Waals surface area contributed by atoms with Gasteiger partial charge < -0.3 is 9.64 Å². The lowest BCUT2D eigenvalue weighted by Gasteiger charge is -2.25. The number of halogens is 1. The van der Waals surface area contributed by atoms with Gasteiger partial charge in [0.05, 0.1) is 25.3 Å². The first-order chi connectivity index (χ1) is 14.6. The zero-order chi connectivity index (χ0) is 20.9. The Labute approximate surface area is 176 Å². The van der Waals surface area contributed by atoms with Crippen molar-refractivity contribution in [2.45, 2.75) is 31.7 Å². The highest BCUT2D eigenvalue weighted by atomic mass is 19.1. The molecule has 0 unspecified atom stereocenters. The molecule has 4 rings (SSSR count). The van der Waals surface area contributed by atoms with Crippen LogP contribution >= 0.6 is 0 Å². The standard InChI is InChI=1S/C25H25FN2O2/c1-30-22-7-2-5-19(16-22)15-21-6-3-8-23(27-21)24-9-4-14-28(24)25(29)17-18-10-12-20(26)13-11-18/h2-3,5-8,10-13,16,24H,4,9,14-15,17H2,1H3/t24-/m1/s1. The number of aromatic nitrogens is 1. The van der Waals surface area contributed by atoms with Crippen LogP contribution in [-0.2, 0) is 17.6 Å². The van der Waals surface area contributed by atoms with Gasteiger partial charge in [-0.3, -0.25) is 9.78 Å². The van der Waals surface area contributed by atoms with Gasteiger partial charge in [-0.25, -0.2) is 4.39 Å². The molecule has 30 heavy (non-hydrogen) atoms. The molecule has 0 aliphatic carbocycles. The van der Waals surface area contributed by atoms with Gasteiger partial charge in [0.15, 0.2) is 0 Å². The summed E-state index contributed by atoms with van der Waals surface area (Å²) in [5.74, 6) is 0.600. The first-order valence-electron chi connectivity index (χ1n) is 10.2. The SMILES string of the molecule is COc1cccc(Cc2cccc([C@H]3CCCN3C(=O)Cc3ccc(F)cc3)n2)c1. The van der Waals surface area contributed by atoms with E-state index in [9.17, 15) is 9.18 Å². The fraction of sp³-hybridized carbons (Fsp3) is 0.280. The maximum Gasteiger partial charge on any atom is 0.227 e. The van der Waals surface area contributed by atoms with E-state index in [4.69, 9.17) is 9.72 Å². The first-order valence-corrected chi connectivity index (χ1v) is 10.2. The van der Waals surface area contributed by atoms with Gasteiger partial charge in [0.2, 0.25) is 5.91 Å².